The Morgan fingerprint density at radius 3 is 2.68 bits per heavy atom. The van der Waals surface area contributed by atoms with Crippen molar-refractivity contribution in [1.82, 2.24) is 5.32 Å². The summed E-state index contributed by atoms with van der Waals surface area (Å²) in [6.07, 6.45) is 0.948. The van der Waals surface area contributed by atoms with E-state index in [4.69, 9.17) is 0 Å². The van der Waals surface area contributed by atoms with Crippen LogP contribution in [0.15, 0.2) is 18.2 Å². The second kappa shape index (κ2) is 6.84. The average molecular weight is 265 g/mol. The minimum Gasteiger partial charge on any atom is -0.325 e. The molecule has 0 saturated heterocycles. The van der Waals surface area contributed by atoms with Crippen LogP contribution in [-0.4, -0.2) is 23.4 Å². The predicted molar refractivity (Wildman–Crippen MR) is 74.2 cm³/mol. The molecule has 2 N–H and O–H groups in total. The van der Waals surface area contributed by atoms with E-state index in [-0.39, 0.29) is 24.2 Å². The molecule has 104 valence electrons. The van der Waals surface area contributed by atoms with E-state index >= 15 is 0 Å². The number of rotatable bonds is 6. The van der Waals surface area contributed by atoms with Crippen LogP contribution in [0.25, 0.3) is 0 Å². The number of carbonyl (C=O) groups excluding carboxylic acids is 1. The first-order valence-corrected chi connectivity index (χ1v) is 6.22. The number of nitrogens with zero attached hydrogens (tertiary/aromatic N) is 1. The molecule has 1 aromatic carbocycles. The van der Waals surface area contributed by atoms with E-state index in [0.29, 0.717) is 11.3 Å². The van der Waals surface area contributed by atoms with Crippen molar-refractivity contribution in [2.45, 2.75) is 33.2 Å². The molecular formula is C13H19N3O3. The largest absolute Gasteiger partial charge is 0.325 e. The molecule has 1 aromatic rings. The molecule has 19 heavy (non-hydrogen) atoms. The summed E-state index contributed by atoms with van der Waals surface area (Å²) in [6.45, 7) is 5.91. The molecule has 0 heterocycles. The zero-order valence-corrected chi connectivity index (χ0v) is 11.4. The normalized spacial score (nSPS) is 11.9. The van der Waals surface area contributed by atoms with Crippen molar-refractivity contribution < 1.29 is 9.72 Å². The first-order chi connectivity index (χ1) is 8.93. The van der Waals surface area contributed by atoms with E-state index in [9.17, 15) is 14.9 Å². The van der Waals surface area contributed by atoms with Gasteiger partial charge in [0.05, 0.1) is 11.5 Å². The van der Waals surface area contributed by atoms with Gasteiger partial charge in [-0.2, -0.15) is 0 Å². The molecule has 0 aromatic heterocycles. The van der Waals surface area contributed by atoms with Gasteiger partial charge in [-0.3, -0.25) is 14.9 Å². The molecular weight excluding hydrogens is 246 g/mol. The van der Waals surface area contributed by atoms with Gasteiger partial charge >= 0.3 is 0 Å². The fraction of sp³-hybridized carbons (Fsp3) is 0.462. The highest BCUT2D eigenvalue weighted by Crippen LogP contribution is 2.21. The summed E-state index contributed by atoms with van der Waals surface area (Å²) < 4.78 is 0. The van der Waals surface area contributed by atoms with E-state index in [1.165, 1.54) is 12.1 Å². The Labute approximate surface area is 112 Å². The van der Waals surface area contributed by atoms with Crippen molar-refractivity contribution >= 4 is 17.3 Å². The summed E-state index contributed by atoms with van der Waals surface area (Å²) in [5.41, 5.74) is 1.15. The van der Waals surface area contributed by atoms with E-state index in [0.717, 1.165) is 6.42 Å². The first kappa shape index (κ1) is 15.1. The number of carbonyl (C=O) groups is 1. The summed E-state index contributed by atoms with van der Waals surface area (Å²) in [5, 5.41) is 16.5. The van der Waals surface area contributed by atoms with E-state index in [1.54, 1.807) is 13.0 Å². The van der Waals surface area contributed by atoms with Crippen LogP contribution in [0.4, 0.5) is 11.4 Å². The van der Waals surface area contributed by atoms with Crippen LogP contribution in [0, 0.1) is 17.0 Å². The van der Waals surface area contributed by atoms with Crippen molar-refractivity contribution in [2.75, 3.05) is 11.9 Å². The molecule has 6 heteroatoms. The maximum Gasteiger partial charge on any atom is 0.272 e. The number of amides is 1. The summed E-state index contributed by atoms with van der Waals surface area (Å²) in [5.74, 6) is -0.159. The fourth-order valence-corrected chi connectivity index (χ4v) is 1.55. The number of nitro benzene ring substituents is 1. The van der Waals surface area contributed by atoms with E-state index in [2.05, 4.69) is 10.6 Å². The Hall–Kier alpha value is -1.95. The third kappa shape index (κ3) is 4.67. The Balaban J connectivity index is 2.60. The number of aryl methyl sites for hydroxylation is 1. The molecule has 1 amide bonds. The molecule has 1 unspecified atom stereocenters. The average Bonchev–Trinajstić information content (AvgIpc) is 2.35. The van der Waals surface area contributed by atoms with E-state index in [1.807, 2.05) is 13.8 Å². The minimum atomic E-state index is -0.439. The van der Waals surface area contributed by atoms with Gasteiger partial charge < -0.3 is 10.6 Å². The minimum absolute atomic E-state index is 0.0516. The van der Waals surface area contributed by atoms with Gasteiger partial charge in [0.2, 0.25) is 5.91 Å². The van der Waals surface area contributed by atoms with Crippen molar-refractivity contribution in [1.29, 1.82) is 0 Å². The zero-order chi connectivity index (χ0) is 14.4. The van der Waals surface area contributed by atoms with Crippen molar-refractivity contribution in [3.05, 3.63) is 33.9 Å². The van der Waals surface area contributed by atoms with Gasteiger partial charge in [-0.05, 0) is 32.4 Å². The SMILES string of the molecule is CCC(C)NCC(=O)Nc1ccc([N+](=O)[O-])c(C)c1. The molecule has 0 spiro atoms. The lowest BCUT2D eigenvalue weighted by atomic mass is 10.2. The van der Waals surface area contributed by atoms with Gasteiger partial charge in [0, 0.05) is 23.4 Å². The quantitative estimate of drug-likeness (QED) is 0.610. The number of hydrogen-bond donors (Lipinski definition) is 2. The highest BCUT2D eigenvalue weighted by Gasteiger charge is 2.11. The lowest BCUT2D eigenvalue weighted by Crippen LogP contribution is -2.33. The van der Waals surface area contributed by atoms with Crippen LogP contribution in [0.2, 0.25) is 0 Å². The molecule has 6 nitrogen and oxygen atoms in total. The van der Waals surface area contributed by atoms with Crippen molar-refractivity contribution in [2.24, 2.45) is 0 Å². The van der Waals surface area contributed by atoms with Gasteiger partial charge in [0.25, 0.3) is 5.69 Å². The van der Waals surface area contributed by atoms with Crippen LogP contribution < -0.4 is 10.6 Å². The maximum absolute atomic E-state index is 11.7. The third-order valence-corrected chi connectivity index (χ3v) is 2.90. The Morgan fingerprint density at radius 2 is 2.16 bits per heavy atom. The third-order valence-electron chi connectivity index (χ3n) is 2.90. The smallest absolute Gasteiger partial charge is 0.272 e. The lowest BCUT2D eigenvalue weighted by molar-refractivity contribution is -0.385. The molecule has 0 saturated carbocycles. The molecule has 0 aliphatic heterocycles. The monoisotopic (exact) mass is 265 g/mol. The van der Waals surface area contributed by atoms with Crippen LogP contribution >= 0.6 is 0 Å². The van der Waals surface area contributed by atoms with Gasteiger partial charge in [0.1, 0.15) is 0 Å². The summed E-state index contributed by atoms with van der Waals surface area (Å²) in [7, 11) is 0. The second-order valence-corrected chi connectivity index (χ2v) is 4.50. The Morgan fingerprint density at radius 1 is 1.47 bits per heavy atom. The van der Waals surface area contributed by atoms with Crippen LogP contribution in [0.5, 0.6) is 0 Å². The molecule has 0 aliphatic rings. The van der Waals surface area contributed by atoms with Crippen molar-refractivity contribution in [3.8, 4) is 0 Å². The Kier molecular flexibility index (Phi) is 5.44. The van der Waals surface area contributed by atoms with Gasteiger partial charge in [-0.15, -0.1) is 0 Å². The molecule has 1 atom stereocenters. The number of hydrogen-bond acceptors (Lipinski definition) is 4. The number of benzene rings is 1. The first-order valence-electron chi connectivity index (χ1n) is 6.22. The standard InChI is InChI=1S/C13H19N3O3/c1-4-10(3)14-8-13(17)15-11-5-6-12(16(18)19)9(2)7-11/h5-7,10,14H,4,8H2,1-3H3,(H,15,17). The predicted octanol–water partition coefficient (Wildman–Crippen LogP) is 2.23. The number of anilines is 1. The van der Waals surface area contributed by atoms with Crippen molar-refractivity contribution in [3.63, 3.8) is 0 Å². The summed E-state index contributed by atoms with van der Waals surface area (Å²) >= 11 is 0. The molecule has 0 fully saturated rings. The van der Waals surface area contributed by atoms with Gasteiger partial charge in [0.15, 0.2) is 0 Å². The molecule has 1 rings (SSSR count). The Bertz CT molecular complexity index is 474. The molecule has 0 bridgehead atoms. The summed E-state index contributed by atoms with van der Waals surface area (Å²) in [4.78, 5) is 21.9. The van der Waals surface area contributed by atoms with E-state index < -0.39 is 4.92 Å². The van der Waals surface area contributed by atoms with Crippen LogP contribution in [0.1, 0.15) is 25.8 Å². The van der Waals surface area contributed by atoms with Gasteiger partial charge in [-0.25, -0.2) is 0 Å². The second-order valence-electron chi connectivity index (χ2n) is 4.50. The number of nitro groups is 1. The highest BCUT2D eigenvalue weighted by molar-refractivity contribution is 5.92. The maximum atomic E-state index is 11.7. The zero-order valence-electron chi connectivity index (χ0n) is 11.4. The van der Waals surface area contributed by atoms with Gasteiger partial charge in [-0.1, -0.05) is 6.92 Å². The number of nitrogens with one attached hydrogen (secondary N) is 2. The molecule has 0 radical (unpaired) electrons. The highest BCUT2D eigenvalue weighted by atomic mass is 16.6. The molecule has 0 aliphatic carbocycles. The van der Waals surface area contributed by atoms with Crippen LogP contribution in [0.3, 0.4) is 0 Å². The summed E-state index contributed by atoms with van der Waals surface area (Å²) in [6, 6.07) is 4.81. The topological polar surface area (TPSA) is 84.3 Å². The fourth-order valence-electron chi connectivity index (χ4n) is 1.55. The lowest BCUT2D eigenvalue weighted by Gasteiger charge is -2.11. The van der Waals surface area contributed by atoms with Crippen LogP contribution in [-0.2, 0) is 4.79 Å².